The lowest BCUT2D eigenvalue weighted by atomic mass is 9.72. The SMILES string of the molecule is CO[C@]1(C)C[C@@H](C)CN(C)C(C2CCN(C(C)C3COC(C)(C)O3)CC2)COC(=O)C(C)(C)C(=O)C[C@H]1CC1OC(C)C[C@H](N(C)C)[C@H]1O. The first-order valence-electron chi connectivity index (χ1n) is 18.8. The fourth-order valence-corrected chi connectivity index (χ4v) is 8.96. The molecule has 10 atom stereocenters. The molecule has 4 rings (SSSR count). The number of piperidine rings is 1. The van der Waals surface area contributed by atoms with E-state index in [0.717, 1.165) is 45.3 Å². The van der Waals surface area contributed by atoms with Crippen LogP contribution >= 0.6 is 0 Å². The van der Waals surface area contributed by atoms with Gasteiger partial charge in [-0.2, -0.15) is 0 Å². The van der Waals surface area contributed by atoms with E-state index in [1.165, 1.54) is 0 Å². The minimum absolute atomic E-state index is 0.0247. The lowest BCUT2D eigenvalue weighted by Crippen LogP contribution is -2.55. The molecule has 0 aliphatic carbocycles. The van der Waals surface area contributed by atoms with Crippen molar-refractivity contribution in [2.75, 3.05) is 61.1 Å². The molecular weight excluding hydrogens is 626 g/mol. The van der Waals surface area contributed by atoms with E-state index >= 15 is 0 Å². The molecule has 0 aromatic heterocycles. The van der Waals surface area contributed by atoms with Gasteiger partial charge < -0.3 is 33.7 Å². The number of carbonyl (C=O) groups excluding carboxylic acids is 2. The Morgan fingerprint density at radius 2 is 1.71 bits per heavy atom. The van der Waals surface area contributed by atoms with Gasteiger partial charge in [-0.15, -0.1) is 0 Å². The average molecular weight is 696 g/mol. The summed E-state index contributed by atoms with van der Waals surface area (Å²) in [7, 11) is 7.82. The molecular formula is C38H69N3O8. The Bertz CT molecular complexity index is 1110. The number of nitrogens with zero attached hydrogens (tertiary/aromatic N) is 3. The lowest BCUT2D eigenvalue weighted by Gasteiger charge is -2.46. The Morgan fingerprint density at radius 1 is 1.06 bits per heavy atom. The first kappa shape index (κ1) is 40.6. The predicted octanol–water partition coefficient (Wildman–Crippen LogP) is 3.99. The number of hydrogen-bond donors (Lipinski definition) is 1. The number of hydrogen-bond acceptors (Lipinski definition) is 11. The van der Waals surface area contributed by atoms with Crippen LogP contribution in [0.5, 0.6) is 0 Å². The third kappa shape index (κ3) is 9.63. The Kier molecular flexibility index (Phi) is 13.4. The van der Waals surface area contributed by atoms with Gasteiger partial charge in [-0.25, -0.2) is 0 Å². The van der Waals surface area contributed by atoms with Crippen molar-refractivity contribution in [1.29, 1.82) is 0 Å². The van der Waals surface area contributed by atoms with E-state index in [0.29, 0.717) is 18.9 Å². The molecule has 0 amide bonds. The van der Waals surface area contributed by atoms with Crippen LogP contribution in [0.1, 0.15) is 93.9 Å². The molecule has 11 heteroatoms. The Hall–Kier alpha value is -1.18. The minimum atomic E-state index is -1.32. The number of likely N-dealkylation sites (tertiary alicyclic amines) is 1. The second-order valence-electron chi connectivity index (χ2n) is 17.3. The number of Topliss-reactive ketones (excluding diaryl/α,β-unsaturated/α-hetero) is 1. The average Bonchev–Trinajstić information content (AvgIpc) is 3.40. The van der Waals surface area contributed by atoms with E-state index in [-0.39, 0.29) is 61.0 Å². The van der Waals surface area contributed by atoms with Gasteiger partial charge in [0.05, 0.1) is 36.6 Å². The fraction of sp³-hybridized carbons (Fsp3) is 0.947. The molecule has 5 unspecified atom stereocenters. The van der Waals surface area contributed by atoms with E-state index in [1.54, 1.807) is 21.0 Å². The fourth-order valence-electron chi connectivity index (χ4n) is 8.96. The van der Waals surface area contributed by atoms with Gasteiger partial charge >= 0.3 is 5.97 Å². The van der Waals surface area contributed by atoms with Gasteiger partial charge in [0, 0.05) is 38.2 Å². The van der Waals surface area contributed by atoms with Crippen LogP contribution in [0.4, 0.5) is 0 Å². The summed E-state index contributed by atoms with van der Waals surface area (Å²) in [5, 5.41) is 11.4. The highest BCUT2D eigenvalue weighted by Gasteiger charge is 2.48. The molecule has 284 valence electrons. The molecule has 4 heterocycles. The quantitative estimate of drug-likeness (QED) is 0.309. The molecule has 0 bridgehead atoms. The minimum Gasteiger partial charge on any atom is -0.463 e. The van der Waals surface area contributed by atoms with Crippen LogP contribution in [0, 0.1) is 23.2 Å². The largest absolute Gasteiger partial charge is 0.463 e. The number of methoxy groups -OCH3 is 1. The zero-order valence-corrected chi connectivity index (χ0v) is 32.7. The number of rotatable bonds is 7. The van der Waals surface area contributed by atoms with Crippen molar-refractivity contribution in [2.45, 2.75) is 148 Å². The summed E-state index contributed by atoms with van der Waals surface area (Å²) in [4.78, 5) is 34.8. The summed E-state index contributed by atoms with van der Waals surface area (Å²) in [5.74, 6) is -0.905. The zero-order chi connectivity index (χ0) is 36.5. The van der Waals surface area contributed by atoms with Crippen LogP contribution in [0.15, 0.2) is 0 Å². The molecule has 0 aromatic carbocycles. The van der Waals surface area contributed by atoms with Crippen molar-refractivity contribution in [3.63, 3.8) is 0 Å². The van der Waals surface area contributed by atoms with Crippen LogP contribution in [0.2, 0.25) is 0 Å². The highest BCUT2D eigenvalue weighted by Crippen LogP contribution is 2.40. The third-order valence-electron chi connectivity index (χ3n) is 12.5. The highest BCUT2D eigenvalue weighted by molar-refractivity contribution is 6.03. The van der Waals surface area contributed by atoms with Crippen LogP contribution in [-0.2, 0) is 33.3 Å². The van der Waals surface area contributed by atoms with E-state index in [2.05, 4.69) is 42.5 Å². The highest BCUT2D eigenvalue weighted by atomic mass is 16.7. The summed E-state index contributed by atoms with van der Waals surface area (Å²) in [6.45, 7) is 19.4. The second-order valence-corrected chi connectivity index (χ2v) is 17.3. The molecule has 11 nitrogen and oxygen atoms in total. The van der Waals surface area contributed by atoms with Crippen molar-refractivity contribution in [3.05, 3.63) is 0 Å². The van der Waals surface area contributed by atoms with Crippen molar-refractivity contribution in [3.8, 4) is 0 Å². The molecule has 4 aliphatic rings. The van der Waals surface area contributed by atoms with Gasteiger partial charge in [0.25, 0.3) is 0 Å². The number of esters is 1. The van der Waals surface area contributed by atoms with Gasteiger partial charge in [-0.3, -0.25) is 19.4 Å². The molecule has 0 aromatic rings. The molecule has 4 aliphatic heterocycles. The summed E-state index contributed by atoms with van der Waals surface area (Å²) in [5.41, 5.74) is -2.00. The van der Waals surface area contributed by atoms with E-state index in [4.69, 9.17) is 23.7 Å². The number of ketones is 1. The molecule has 49 heavy (non-hydrogen) atoms. The summed E-state index contributed by atoms with van der Waals surface area (Å²) >= 11 is 0. The standard InChI is InChI=1S/C38H69N3O8/c1-24-20-38(8,45-12)28(18-31-34(43)29(39(9)10)17-25(2)48-31)19-33(42)36(4,5)35(44)46-22-30(40(11)21-24)27-13-15-41(16-14-27)26(3)32-23-47-37(6,7)49-32/h24-32,34,43H,13-23H2,1-12H3/t24-,25?,26?,28-,29+,30?,31?,32?,34-,38-/m1/s1. The summed E-state index contributed by atoms with van der Waals surface area (Å²) in [6, 6.07) is 0.235. The maximum atomic E-state index is 14.1. The molecule has 1 N–H and O–H groups in total. The molecule has 0 saturated carbocycles. The van der Waals surface area contributed by atoms with Gasteiger partial charge in [0.15, 0.2) is 5.79 Å². The van der Waals surface area contributed by atoms with Crippen molar-refractivity contribution >= 4 is 11.8 Å². The predicted molar refractivity (Wildman–Crippen MR) is 189 cm³/mol. The van der Waals surface area contributed by atoms with Crippen LogP contribution in [0.25, 0.3) is 0 Å². The molecule has 0 radical (unpaired) electrons. The monoisotopic (exact) mass is 696 g/mol. The number of likely N-dealkylation sites (N-methyl/N-ethyl adjacent to an activating group) is 2. The molecule has 4 fully saturated rings. The zero-order valence-electron chi connectivity index (χ0n) is 32.7. The smallest absolute Gasteiger partial charge is 0.319 e. The summed E-state index contributed by atoms with van der Waals surface area (Å²) in [6.07, 6.45) is 2.88. The number of aliphatic hydroxyl groups is 1. The number of ether oxygens (including phenoxy) is 5. The normalized spacial score (nSPS) is 40.0. The summed E-state index contributed by atoms with van der Waals surface area (Å²) < 4.78 is 30.8. The Balaban J connectivity index is 1.53. The first-order valence-corrected chi connectivity index (χ1v) is 18.8. The molecule has 0 spiro atoms. The number of aliphatic hydroxyl groups excluding tert-OH is 1. The number of cyclic esters (lactones) is 1. The molecule has 4 saturated heterocycles. The second kappa shape index (κ2) is 16.2. The van der Waals surface area contributed by atoms with Crippen molar-refractivity contribution in [1.82, 2.24) is 14.7 Å². The topological polar surface area (TPSA) is 110 Å². The van der Waals surface area contributed by atoms with Gasteiger partial charge in [0.1, 0.15) is 17.8 Å². The first-order chi connectivity index (χ1) is 22.8. The van der Waals surface area contributed by atoms with Crippen LogP contribution in [-0.4, -0.2) is 147 Å². The van der Waals surface area contributed by atoms with Gasteiger partial charge in [0.2, 0.25) is 0 Å². The number of carbonyl (C=O) groups is 2. The van der Waals surface area contributed by atoms with E-state index in [9.17, 15) is 14.7 Å². The van der Waals surface area contributed by atoms with Crippen molar-refractivity contribution < 1.29 is 38.4 Å². The van der Waals surface area contributed by atoms with E-state index in [1.807, 2.05) is 34.9 Å². The Labute approximate surface area is 296 Å². The Morgan fingerprint density at radius 3 is 2.29 bits per heavy atom. The van der Waals surface area contributed by atoms with E-state index < -0.39 is 35.0 Å². The van der Waals surface area contributed by atoms with Gasteiger partial charge in [-0.05, 0) is 133 Å². The maximum Gasteiger partial charge on any atom is 0.319 e. The van der Waals surface area contributed by atoms with Gasteiger partial charge in [-0.1, -0.05) is 6.92 Å². The van der Waals surface area contributed by atoms with Crippen molar-refractivity contribution in [2.24, 2.45) is 23.2 Å². The van der Waals surface area contributed by atoms with Crippen LogP contribution < -0.4 is 0 Å². The third-order valence-corrected chi connectivity index (χ3v) is 12.5. The lowest BCUT2D eigenvalue weighted by molar-refractivity contribution is -0.167. The van der Waals surface area contributed by atoms with Crippen LogP contribution in [0.3, 0.4) is 0 Å². The maximum absolute atomic E-state index is 14.1.